The molecule has 0 aromatic rings. The Hall–Kier alpha value is 1.16. The van der Waals surface area contributed by atoms with E-state index in [0.29, 0.717) is 6.54 Å². The molecule has 0 saturated carbocycles. The van der Waals surface area contributed by atoms with Gasteiger partial charge in [-0.25, -0.2) is 0 Å². The molecule has 50 valence electrons. The van der Waals surface area contributed by atoms with Crippen LogP contribution in [0.15, 0.2) is 0 Å². The van der Waals surface area contributed by atoms with Crippen LogP contribution in [0.1, 0.15) is 0 Å². The van der Waals surface area contributed by atoms with Gasteiger partial charge in [0.1, 0.15) is 0 Å². The Morgan fingerprint density at radius 1 is 1.57 bits per heavy atom. The molecule has 0 aliphatic carbocycles. The molecule has 0 bridgehead atoms. The summed E-state index contributed by atoms with van der Waals surface area (Å²) >= 11 is -0.106. The summed E-state index contributed by atoms with van der Waals surface area (Å²) in [4.78, 5) is 0. The van der Waals surface area contributed by atoms with Gasteiger partial charge in [-0.3, -0.25) is 6.54 Å². The van der Waals surface area contributed by atoms with E-state index in [2.05, 4.69) is 0 Å². The minimum absolute atomic E-state index is 0.106. The Morgan fingerprint density at radius 2 is 1.71 bits per heavy atom. The monoisotopic (exact) mass is 235 g/mol. The maximum atomic E-state index is 4.85. The summed E-state index contributed by atoms with van der Waals surface area (Å²) in [5, 5.41) is 0. The van der Waals surface area contributed by atoms with Gasteiger partial charge in [-0.1, -0.05) is 0 Å². The third-order valence-electron chi connectivity index (χ3n) is 0.136. The summed E-state index contributed by atoms with van der Waals surface area (Å²) in [6.45, 7) is 1.88. The Bertz CT molecular complexity index is 21.2. The van der Waals surface area contributed by atoms with E-state index in [1.807, 2.05) is 0 Å². The second kappa shape index (κ2) is 15.7. The molecule has 4 N–H and O–H groups in total. The summed E-state index contributed by atoms with van der Waals surface area (Å²) in [5.74, 6) is 0. The van der Waals surface area contributed by atoms with Crippen molar-refractivity contribution in [2.75, 3.05) is 6.54 Å². The van der Waals surface area contributed by atoms with Crippen LogP contribution < -0.4 is 11.5 Å². The number of rotatable bonds is 1. The predicted molar refractivity (Wildman–Crippen MR) is 29.2 cm³/mol. The summed E-state index contributed by atoms with van der Waals surface area (Å²) in [6.07, 6.45) is 0. The van der Waals surface area contributed by atoms with Gasteiger partial charge in [0, 0.05) is 0 Å². The third kappa shape index (κ3) is 40.8. The molecule has 0 aromatic heterocycles. The van der Waals surface area contributed by atoms with Crippen LogP contribution in [0, 0.1) is 6.54 Å². The number of nitrogens with two attached hydrogens (primary N) is 2. The van der Waals surface area contributed by atoms with E-state index in [9.17, 15) is 0 Å². The summed E-state index contributed by atoms with van der Waals surface area (Å²) < 4.78 is 0. The zero-order valence-corrected chi connectivity index (χ0v) is 6.58. The second-order valence-electron chi connectivity index (χ2n) is 0.517. The molecule has 0 heterocycles. The van der Waals surface area contributed by atoms with Gasteiger partial charge in [0.15, 0.2) is 0 Å². The van der Waals surface area contributed by atoms with Crippen molar-refractivity contribution in [3.8, 4) is 0 Å². The van der Waals surface area contributed by atoms with Crippen molar-refractivity contribution in [3.63, 3.8) is 0 Å². The van der Waals surface area contributed by atoms with Crippen LogP contribution >= 0.6 is 19.1 Å². The number of hydrogen-bond acceptors (Lipinski definition) is 2. The molecule has 0 unspecified atom stereocenters. The molecule has 7 heavy (non-hydrogen) atoms. The molecule has 0 aliphatic heterocycles. The van der Waals surface area contributed by atoms with Crippen molar-refractivity contribution >= 4 is 19.1 Å². The first kappa shape index (κ1) is 11.0. The summed E-state index contributed by atoms with van der Waals surface area (Å²) in [7, 11) is 9.63. The molecule has 0 atom stereocenters. The molecule has 0 aliphatic rings. The fraction of sp³-hybridized carbons (Fsp3) is 0.500. The Balaban J connectivity index is 0. The van der Waals surface area contributed by atoms with E-state index in [4.69, 9.17) is 30.5 Å². The first-order chi connectivity index (χ1) is 3.33. The van der Waals surface area contributed by atoms with Crippen molar-refractivity contribution in [2.45, 2.75) is 0 Å². The standard InChI is InChI=1S/C2H7N2.2ClH.Pd/c3-1-2-4;;;/h1H,2-4H2;2*1H;/q-1;;;+2/p-2. The molecule has 0 saturated heterocycles. The van der Waals surface area contributed by atoms with Crippen molar-refractivity contribution in [1.29, 1.82) is 0 Å². The molecule has 0 spiro atoms. The second-order valence-corrected chi connectivity index (χ2v) is 2.88. The molecule has 0 radical (unpaired) electrons. The van der Waals surface area contributed by atoms with E-state index in [1.54, 1.807) is 0 Å². The third-order valence-corrected chi connectivity index (χ3v) is 0.136. The van der Waals surface area contributed by atoms with Gasteiger partial charge < -0.3 is 11.5 Å². The van der Waals surface area contributed by atoms with Crippen LogP contribution in [0.25, 0.3) is 0 Å². The van der Waals surface area contributed by atoms with E-state index < -0.39 is 0 Å². The van der Waals surface area contributed by atoms with Gasteiger partial charge in [0.25, 0.3) is 0 Å². The Labute approximate surface area is 59.6 Å². The van der Waals surface area contributed by atoms with Gasteiger partial charge in [-0.05, 0) is 0 Å². The number of hydrogen-bond donors (Lipinski definition) is 2. The van der Waals surface area contributed by atoms with Gasteiger partial charge >= 0.3 is 35.0 Å². The zero-order chi connectivity index (χ0) is 6.12. The van der Waals surface area contributed by atoms with Crippen LogP contribution in [-0.2, 0) is 15.9 Å². The van der Waals surface area contributed by atoms with Crippen LogP contribution in [0.4, 0.5) is 0 Å². The first-order valence-electron chi connectivity index (χ1n) is 1.39. The fourth-order valence-corrected chi connectivity index (χ4v) is 0. The molecule has 2 nitrogen and oxygen atoms in total. The quantitative estimate of drug-likeness (QED) is 0.513. The van der Waals surface area contributed by atoms with Gasteiger partial charge in [0.2, 0.25) is 0 Å². The Kier molecular flexibility index (Phi) is 24.7. The molecule has 5 heteroatoms. The Morgan fingerprint density at radius 3 is 1.71 bits per heavy atom. The van der Waals surface area contributed by atoms with E-state index in [-0.39, 0.29) is 15.9 Å². The van der Waals surface area contributed by atoms with Crippen LogP contribution in [0.2, 0.25) is 0 Å². The molecule has 0 aromatic carbocycles. The van der Waals surface area contributed by atoms with Crippen molar-refractivity contribution < 1.29 is 15.9 Å². The average molecular weight is 236 g/mol. The fourth-order valence-electron chi connectivity index (χ4n) is 0. The van der Waals surface area contributed by atoms with Gasteiger partial charge in [-0.2, -0.15) is 0 Å². The number of halogens is 2. The first-order valence-corrected chi connectivity index (χ1v) is 5.39. The maximum absolute atomic E-state index is 4.85. The molecule has 0 rings (SSSR count). The minimum atomic E-state index is -0.106. The van der Waals surface area contributed by atoms with Crippen molar-refractivity contribution in [3.05, 3.63) is 6.54 Å². The van der Waals surface area contributed by atoms with Crippen LogP contribution in [0.3, 0.4) is 0 Å². The molecule has 0 amide bonds. The summed E-state index contributed by atoms with van der Waals surface area (Å²) in [6, 6.07) is 0. The van der Waals surface area contributed by atoms with Crippen LogP contribution in [0.5, 0.6) is 0 Å². The molecule has 0 fully saturated rings. The zero-order valence-electron chi connectivity index (χ0n) is 3.51. The average Bonchev–Trinajstić information content (AvgIpc) is 1.69. The van der Waals surface area contributed by atoms with Crippen molar-refractivity contribution in [2.24, 2.45) is 11.5 Å². The molecular formula is C2H7Cl2N2Pd-. The van der Waals surface area contributed by atoms with E-state index in [1.165, 1.54) is 6.54 Å². The van der Waals surface area contributed by atoms with Gasteiger partial charge in [-0.15, -0.1) is 6.54 Å². The van der Waals surface area contributed by atoms with E-state index in [0.717, 1.165) is 0 Å². The van der Waals surface area contributed by atoms with Crippen LogP contribution in [-0.4, -0.2) is 6.54 Å². The SMILES string of the molecule is N[CH-]CN.[Cl][Pd][Cl]. The normalized spacial score (nSPS) is 7.43. The van der Waals surface area contributed by atoms with Gasteiger partial charge in [0.05, 0.1) is 0 Å². The molecular weight excluding hydrogens is 229 g/mol. The predicted octanol–water partition coefficient (Wildman–Crippen LogP) is 0.442. The van der Waals surface area contributed by atoms with Crippen molar-refractivity contribution in [1.82, 2.24) is 0 Å². The summed E-state index contributed by atoms with van der Waals surface area (Å²) in [5.41, 5.74) is 9.62. The topological polar surface area (TPSA) is 52.0 Å². The van der Waals surface area contributed by atoms with E-state index >= 15 is 0 Å².